The SMILES string of the molecule is COC(=O)[C@H](C)NC(=O)CCN1C(=O)c2ccccc2C1=O. The van der Waals surface area contributed by atoms with Crippen LogP contribution >= 0.6 is 0 Å². The third-order valence-corrected chi connectivity index (χ3v) is 3.37. The molecule has 7 heteroatoms. The van der Waals surface area contributed by atoms with E-state index in [9.17, 15) is 19.2 Å². The van der Waals surface area contributed by atoms with E-state index in [0.717, 1.165) is 4.90 Å². The van der Waals surface area contributed by atoms with Crippen molar-refractivity contribution in [1.82, 2.24) is 10.2 Å². The highest BCUT2D eigenvalue weighted by molar-refractivity contribution is 6.21. The van der Waals surface area contributed by atoms with Crippen molar-refractivity contribution in [1.29, 1.82) is 0 Å². The van der Waals surface area contributed by atoms with Gasteiger partial charge in [0.05, 0.1) is 18.2 Å². The van der Waals surface area contributed by atoms with Gasteiger partial charge in [0.25, 0.3) is 11.8 Å². The predicted octanol–water partition coefficient (Wildman–Crippen LogP) is 0.350. The molecule has 0 saturated carbocycles. The van der Waals surface area contributed by atoms with Crippen LogP contribution in [0.15, 0.2) is 24.3 Å². The van der Waals surface area contributed by atoms with Crippen LogP contribution in [-0.2, 0) is 14.3 Å². The first-order valence-corrected chi connectivity index (χ1v) is 6.78. The zero-order valence-corrected chi connectivity index (χ0v) is 12.3. The van der Waals surface area contributed by atoms with E-state index in [1.165, 1.54) is 14.0 Å². The molecule has 0 radical (unpaired) electrons. The number of methoxy groups -OCH3 is 1. The molecule has 1 heterocycles. The third-order valence-electron chi connectivity index (χ3n) is 3.37. The molecule has 116 valence electrons. The summed E-state index contributed by atoms with van der Waals surface area (Å²) in [6.07, 6.45) is -0.0766. The van der Waals surface area contributed by atoms with E-state index in [1.807, 2.05) is 0 Å². The Balaban J connectivity index is 1.93. The molecular weight excluding hydrogens is 288 g/mol. The maximum Gasteiger partial charge on any atom is 0.328 e. The van der Waals surface area contributed by atoms with Crippen LogP contribution in [-0.4, -0.2) is 48.3 Å². The monoisotopic (exact) mass is 304 g/mol. The van der Waals surface area contributed by atoms with Gasteiger partial charge in [-0.05, 0) is 19.1 Å². The minimum atomic E-state index is -0.778. The lowest BCUT2D eigenvalue weighted by Gasteiger charge is -2.15. The highest BCUT2D eigenvalue weighted by atomic mass is 16.5. The summed E-state index contributed by atoms with van der Waals surface area (Å²) in [5, 5.41) is 2.44. The molecule has 7 nitrogen and oxygen atoms in total. The summed E-state index contributed by atoms with van der Waals surface area (Å²) < 4.78 is 4.49. The zero-order valence-electron chi connectivity index (χ0n) is 12.3. The lowest BCUT2D eigenvalue weighted by atomic mass is 10.1. The van der Waals surface area contributed by atoms with Gasteiger partial charge < -0.3 is 10.1 Å². The van der Waals surface area contributed by atoms with Gasteiger partial charge in [-0.15, -0.1) is 0 Å². The molecular formula is C15H16N2O5. The molecule has 0 fully saturated rings. The fourth-order valence-corrected chi connectivity index (χ4v) is 2.20. The molecule has 22 heavy (non-hydrogen) atoms. The van der Waals surface area contributed by atoms with Crippen molar-refractivity contribution in [2.24, 2.45) is 0 Å². The number of fused-ring (bicyclic) bond motifs is 1. The molecule has 1 aliphatic heterocycles. The van der Waals surface area contributed by atoms with Crippen molar-refractivity contribution >= 4 is 23.7 Å². The summed E-state index contributed by atoms with van der Waals surface area (Å²) in [4.78, 5) is 48.2. The minimum Gasteiger partial charge on any atom is -0.467 e. The maximum atomic E-state index is 12.1. The standard InChI is InChI=1S/C15H16N2O5/c1-9(15(21)22-2)16-12(18)7-8-17-13(19)10-5-3-4-6-11(10)14(17)20/h3-6,9H,7-8H2,1-2H3,(H,16,18)/t9-/m0/s1. The topological polar surface area (TPSA) is 92.8 Å². The predicted molar refractivity (Wildman–Crippen MR) is 76.0 cm³/mol. The van der Waals surface area contributed by atoms with E-state index < -0.39 is 29.7 Å². The summed E-state index contributed by atoms with van der Waals surface area (Å²) in [7, 11) is 1.23. The smallest absolute Gasteiger partial charge is 0.328 e. The second-order valence-corrected chi connectivity index (χ2v) is 4.87. The zero-order chi connectivity index (χ0) is 16.3. The Hall–Kier alpha value is -2.70. The van der Waals surface area contributed by atoms with Crippen molar-refractivity contribution in [2.75, 3.05) is 13.7 Å². The summed E-state index contributed by atoms with van der Waals surface area (Å²) in [6, 6.07) is 5.74. The van der Waals surface area contributed by atoms with Crippen molar-refractivity contribution < 1.29 is 23.9 Å². The fourth-order valence-electron chi connectivity index (χ4n) is 2.20. The minimum absolute atomic E-state index is 0.0356. The number of carbonyl (C=O) groups excluding carboxylic acids is 4. The van der Waals surface area contributed by atoms with Gasteiger partial charge in [-0.25, -0.2) is 4.79 Å². The van der Waals surface area contributed by atoms with Gasteiger partial charge in [0.15, 0.2) is 0 Å². The first-order chi connectivity index (χ1) is 10.5. The Morgan fingerprint density at radius 3 is 2.23 bits per heavy atom. The van der Waals surface area contributed by atoms with Crippen LogP contribution < -0.4 is 5.32 Å². The van der Waals surface area contributed by atoms with Crippen molar-refractivity contribution in [3.63, 3.8) is 0 Å². The molecule has 0 saturated heterocycles. The number of hydrogen-bond donors (Lipinski definition) is 1. The van der Waals surface area contributed by atoms with Crippen LogP contribution in [0.4, 0.5) is 0 Å². The van der Waals surface area contributed by atoms with E-state index in [1.54, 1.807) is 24.3 Å². The Bertz CT molecular complexity index is 606. The number of nitrogens with one attached hydrogen (secondary N) is 1. The number of ether oxygens (including phenoxy) is 1. The normalized spacial score (nSPS) is 14.5. The molecule has 0 aromatic heterocycles. The van der Waals surface area contributed by atoms with Crippen LogP contribution in [0.25, 0.3) is 0 Å². The summed E-state index contributed by atoms with van der Waals surface area (Å²) in [5.74, 6) is -1.81. The van der Waals surface area contributed by atoms with Gasteiger partial charge >= 0.3 is 5.97 Å². The van der Waals surface area contributed by atoms with Gasteiger partial charge in [0.2, 0.25) is 5.91 Å². The molecule has 0 aliphatic carbocycles. The number of hydrogen-bond acceptors (Lipinski definition) is 5. The molecule has 1 N–H and O–H groups in total. The summed E-state index contributed by atoms with van der Waals surface area (Å²) >= 11 is 0. The number of nitrogens with zero attached hydrogens (tertiary/aromatic N) is 1. The molecule has 0 unspecified atom stereocenters. The number of esters is 1. The second-order valence-electron chi connectivity index (χ2n) is 4.87. The largest absolute Gasteiger partial charge is 0.467 e. The van der Waals surface area contributed by atoms with Gasteiger partial charge in [-0.1, -0.05) is 12.1 Å². The van der Waals surface area contributed by atoms with E-state index in [0.29, 0.717) is 11.1 Å². The first-order valence-electron chi connectivity index (χ1n) is 6.78. The Labute approximate surface area is 127 Å². The van der Waals surface area contributed by atoms with E-state index in [2.05, 4.69) is 10.1 Å². The van der Waals surface area contributed by atoms with E-state index in [-0.39, 0.29) is 13.0 Å². The molecule has 1 aromatic rings. The van der Waals surface area contributed by atoms with Gasteiger partial charge in [0, 0.05) is 13.0 Å². The van der Waals surface area contributed by atoms with E-state index in [4.69, 9.17) is 0 Å². The van der Waals surface area contributed by atoms with Gasteiger partial charge in [-0.2, -0.15) is 0 Å². The van der Waals surface area contributed by atoms with Crippen molar-refractivity contribution in [2.45, 2.75) is 19.4 Å². The average Bonchev–Trinajstić information content (AvgIpc) is 2.76. The highest BCUT2D eigenvalue weighted by Gasteiger charge is 2.35. The number of amides is 3. The molecule has 1 aliphatic rings. The Morgan fingerprint density at radius 2 is 1.73 bits per heavy atom. The fraction of sp³-hybridized carbons (Fsp3) is 0.333. The molecule has 0 spiro atoms. The average molecular weight is 304 g/mol. The van der Waals surface area contributed by atoms with E-state index >= 15 is 0 Å². The van der Waals surface area contributed by atoms with Gasteiger partial charge in [0.1, 0.15) is 6.04 Å². The highest BCUT2D eigenvalue weighted by Crippen LogP contribution is 2.22. The number of benzene rings is 1. The lowest BCUT2D eigenvalue weighted by molar-refractivity contribution is -0.144. The number of carbonyl (C=O) groups is 4. The van der Waals surface area contributed by atoms with Crippen LogP contribution in [0.2, 0.25) is 0 Å². The van der Waals surface area contributed by atoms with Crippen molar-refractivity contribution in [3.8, 4) is 0 Å². The molecule has 0 bridgehead atoms. The molecule has 3 amide bonds. The van der Waals surface area contributed by atoms with Crippen molar-refractivity contribution in [3.05, 3.63) is 35.4 Å². The van der Waals surface area contributed by atoms with Gasteiger partial charge in [-0.3, -0.25) is 19.3 Å². The first kappa shape index (κ1) is 15.7. The van der Waals surface area contributed by atoms with Crippen LogP contribution in [0.5, 0.6) is 0 Å². The Morgan fingerprint density at radius 1 is 1.18 bits per heavy atom. The molecule has 1 aromatic carbocycles. The summed E-state index contributed by atoms with van der Waals surface area (Å²) in [6.45, 7) is 1.46. The van der Waals surface area contributed by atoms with Crippen LogP contribution in [0.1, 0.15) is 34.1 Å². The molecule has 2 rings (SSSR count). The number of rotatable bonds is 5. The number of imide groups is 1. The van der Waals surface area contributed by atoms with Crippen LogP contribution in [0, 0.1) is 0 Å². The maximum absolute atomic E-state index is 12.1. The van der Waals surface area contributed by atoms with Crippen LogP contribution in [0.3, 0.4) is 0 Å². The third kappa shape index (κ3) is 2.98. The quantitative estimate of drug-likeness (QED) is 0.626. The second kappa shape index (κ2) is 6.38. The summed E-state index contributed by atoms with van der Waals surface area (Å²) in [5.41, 5.74) is 0.687. The Kier molecular flexibility index (Phi) is 4.55. The molecule has 1 atom stereocenters. The lowest BCUT2D eigenvalue weighted by Crippen LogP contribution is -2.41.